The summed E-state index contributed by atoms with van der Waals surface area (Å²) in [5.41, 5.74) is 0.591. The summed E-state index contributed by atoms with van der Waals surface area (Å²) >= 11 is 0. The summed E-state index contributed by atoms with van der Waals surface area (Å²) in [4.78, 5) is 15.0. The number of rotatable bonds is 5. The van der Waals surface area contributed by atoms with Crippen LogP contribution in [0.25, 0.3) is 0 Å². The lowest BCUT2D eigenvalue weighted by Crippen LogP contribution is -2.57. The number of nitrogens with zero attached hydrogens (tertiary/aromatic N) is 1. The number of primary sulfonamides is 1. The highest BCUT2D eigenvalue weighted by Gasteiger charge is 2.34. The van der Waals surface area contributed by atoms with E-state index in [9.17, 15) is 13.2 Å². The molecule has 0 aromatic heterocycles. The minimum atomic E-state index is -3.73. The van der Waals surface area contributed by atoms with Crippen molar-refractivity contribution in [2.24, 2.45) is 11.1 Å². The van der Waals surface area contributed by atoms with Gasteiger partial charge in [0.25, 0.3) is 5.91 Å². The van der Waals surface area contributed by atoms with Gasteiger partial charge in [0.15, 0.2) is 0 Å². The van der Waals surface area contributed by atoms with Crippen LogP contribution < -0.4 is 15.2 Å². The van der Waals surface area contributed by atoms with Gasteiger partial charge in [-0.05, 0) is 80.4 Å². The molecule has 3 N–H and O–H groups in total. The number of hydrogen-bond acceptors (Lipinski definition) is 5. The highest BCUT2D eigenvalue weighted by atomic mass is 32.2. The predicted molar refractivity (Wildman–Crippen MR) is 105 cm³/mol. The van der Waals surface area contributed by atoms with E-state index in [4.69, 9.17) is 9.88 Å². The van der Waals surface area contributed by atoms with E-state index in [2.05, 4.69) is 10.2 Å². The standard InChI is InChI=1S/C20H23N3O4S/c21-28(25,26)18-7-5-17(6-8-18)27-16-3-1-15(2-4-16)20(24)22-19-13-23-11-9-14(19)10-12-23/h1-8,14,19H,9-13H2,(H,22,24)(H2,21,25,26)/t19-/m0/s1. The maximum absolute atomic E-state index is 12.6. The molecule has 0 saturated carbocycles. The molecule has 3 saturated heterocycles. The Morgan fingerprint density at radius 1 is 1.00 bits per heavy atom. The lowest BCUT2D eigenvalue weighted by atomic mass is 9.84. The highest BCUT2D eigenvalue weighted by Crippen LogP contribution is 2.28. The van der Waals surface area contributed by atoms with Crippen LogP contribution in [0.3, 0.4) is 0 Å². The zero-order chi connectivity index (χ0) is 19.7. The van der Waals surface area contributed by atoms with Crippen molar-refractivity contribution in [1.82, 2.24) is 10.2 Å². The van der Waals surface area contributed by atoms with E-state index in [0.717, 1.165) is 32.5 Å². The molecule has 2 aromatic rings. The molecule has 2 bridgehead atoms. The topological polar surface area (TPSA) is 102 Å². The number of amides is 1. The number of benzene rings is 2. The van der Waals surface area contributed by atoms with E-state index in [1.54, 1.807) is 24.3 Å². The fourth-order valence-corrected chi connectivity index (χ4v) is 4.40. The van der Waals surface area contributed by atoms with Crippen molar-refractivity contribution in [3.05, 3.63) is 54.1 Å². The van der Waals surface area contributed by atoms with Gasteiger partial charge in [0, 0.05) is 18.2 Å². The summed E-state index contributed by atoms with van der Waals surface area (Å²) in [5, 5.41) is 8.25. The molecule has 3 aliphatic rings. The third-order valence-corrected chi connectivity index (χ3v) is 6.41. The molecule has 5 rings (SSSR count). The molecule has 0 radical (unpaired) electrons. The van der Waals surface area contributed by atoms with Crippen LogP contribution >= 0.6 is 0 Å². The fraction of sp³-hybridized carbons (Fsp3) is 0.350. The van der Waals surface area contributed by atoms with Gasteiger partial charge >= 0.3 is 0 Å². The number of carbonyl (C=O) groups is 1. The average Bonchev–Trinajstić information content (AvgIpc) is 2.69. The van der Waals surface area contributed by atoms with Crippen LogP contribution in [0.2, 0.25) is 0 Å². The van der Waals surface area contributed by atoms with Crippen molar-refractivity contribution in [1.29, 1.82) is 0 Å². The van der Waals surface area contributed by atoms with Gasteiger partial charge in [0.1, 0.15) is 11.5 Å². The number of piperidine rings is 3. The monoisotopic (exact) mass is 401 g/mol. The highest BCUT2D eigenvalue weighted by molar-refractivity contribution is 7.89. The lowest BCUT2D eigenvalue weighted by molar-refractivity contribution is 0.0620. The third-order valence-electron chi connectivity index (χ3n) is 5.48. The molecule has 0 spiro atoms. The zero-order valence-electron chi connectivity index (χ0n) is 15.4. The Labute approximate surface area is 164 Å². The Balaban J connectivity index is 1.37. The molecule has 148 valence electrons. The first kappa shape index (κ1) is 18.9. The van der Waals surface area contributed by atoms with Gasteiger partial charge in [-0.25, -0.2) is 13.6 Å². The summed E-state index contributed by atoms with van der Waals surface area (Å²) in [6.45, 7) is 3.22. The van der Waals surface area contributed by atoms with Crippen molar-refractivity contribution in [2.45, 2.75) is 23.8 Å². The van der Waals surface area contributed by atoms with Gasteiger partial charge < -0.3 is 15.0 Å². The van der Waals surface area contributed by atoms with E-state index in [1.807, 2.05) is 0 Å². The summed E-state index contributed by atoms with van der Waals surface area (Å²) in [6, 6.07) is 13.0. The van der Waals surface area contributed by atoms with Gasteiger partial charge in [0.05, 0.1) is 4.90 Å². The number of ether oxygens (including phenoxy) is 1. The summed E-state index contributed by atoms with van der Waals surface area (Å²) < 4.78 is 28.3. The van der Waals surface area contributed by atoms with Gasteiger partial charge in [0.2, 0.25) is 10.0 Å². The van der Waals surface area contributed by atoms with Crippen LogP contribution in [-0.4, -0.2) is 44.9 Å². The SMILES string of the molecule is NS(=O)(=O)c1ccc(Oc2ccc(C(=O)N[C@H]3CN4CCC3CC4)cc2)cc1. The van der Waals surface area contributed by atoms with Crippen molar-refractivity contribution in [2.75, 3.05) is 19.6 Å². The second kappa shape index (κ2) is 7.54. The minimum Gasteiger partial charge on any atom is -0.457 e. The molecule has 0 unspecified atom stereocenters. The Bertz CT molecular complexity index is 950. The van der Waals surface area contributed by atoms with Crippen LogP contribution in [0.5, 0.6) is 11.5 Å². The number of fused-ring (bicyclic) bond motifs is 3. The van der Waals surface area contributed by atoms with Gasteiger partial charge in [-0.2, -0.15) is 0 Å². The number of hydrogen-bond donors (Lipinski definition) is 2. The molecule has 1 amide bonds. The second-order valence-electron chi connectivity index (χ2n) is 7.36. The first-order chi connectivity index (χ1) is 13.4. The van der Waals surface area contributed by atoms with Crippen LogP contribution in [-0.2, 0) is 10.0 Å². The smallest absolute Gasteiger partial charge is 0.251 e. The van der Waals surface area contributed by atoms with Crippen LogP contribution in [0, 0.1) is 5.92 Å². The molecule has 0 aliphatic carbocycles. The first-order valence-electron chi connectivity index (χ1n) is 9.32. The van der Waals surface area contributed by atoms with E-state index in [1.165, 1.54) is 24.3 Å². The maximum atomic E-state index is 12.6. The van der Waals surface area contributed by atoms with Crippen LogP contribution in [0.15, 0.2) is 53.4 Å². The van der Waals surface area contributed by atoms with Crippen molar-refractivity contribution in [3.8, 4) is 11.5 Å². The number of nitrogens with two attached hydrogens (primary N) is 1. The second-order valence-corrected chi connectivity index (χ2v) is 8.92. The van der Waals surface area contributed by atoms with Crippen molar-refractivity contribution < 1.29 is 17.9 Å². The van der Waals surface area contributed by atoms with Crippen molar-refractivity contribution in [3.63, 3.8) is 0 Å². The Kier molecular flexibility index (Phi) is 5.09. The molecular weight excluding hydrogens is 378 g/mol. The maximum Gasteiger partial charge on any atom is 0.251 e. The molecule has 3 aliphatic heterocycles. The molecule has 8 heteroatoms. The van der Waals surface area contributed by atoms with Crippen LogP contribution in [0.4, 0.5) is 0 Å². The minimum absolute atomic E-state index is 0.0274. The Morgan fingerprint density at radius 3 is 2.07 bits per heavy atom. The molecular formula is C20H23N3O4S. The zero-order valence-corrected chi connectivity index (χ0v) is 16.2. The normalized spacial score (nSPS) is 24.0. The summed E-state index contributed by atoms with van der Waals surface area (Å²) in [5.74, 6) is 1.55. The van der Waals surface area contributed by atoms with Gasteiger partial charge in [-0.1, -0.05) is 0 Å². The molecule has 7 nitrogen and oxygen atoms in total. The first-order valence-corrected chi connectivity index (χ1v) is 10.9. The van der Waals surface area contributed by atoms with Gasteiger partial charge in [-0.3, -0.25) is 4.79 Å². The molecule has 28 heavy (non-hydrogen) atoms. The van der Waals surface area contributed by atoms with E-state index < -0.39 is 10.0 Å². The molecule has 3 fully saturated rings. The van der Waals surface area contributed by atoms with Crippen LogP contribution in [0.1, 0.15) is 23.2 Å². The van der Waals surface area contributed by atoms with E-state index >= 15 is 0 Å². The number of carbonyl (C=O) groups excluding carboxylic acids is 1. The number of sulfonamides is 1. The summed E-state index contributed by atoms with van der Waals surface area (Å²) in [6.07, 6.45) is 2.31. The fourth-order valence-electron chi connectivity index (χ4n) is 3.89. The largest absolute Gasteiger partial charge is 0.457 e. The third kappa shape index (κ3) is 4.19. The van der Waals surface area contributed by atoms with Crippen molar-refractivity contribution >= 4 is 15.9 Å². The molecule has 2 aromatic carbocycles. The molecule has 3 heterocycles. The lowest BCUT2D eigenvalue weighted by Gasteiger charge is -2.44. The predicted octanol–water partition coefficient (Wildman–Crippen LogP) is 1.95. The molecule has 1 atom stereocenters. The Hall–Kier alpha value is -2.42. The average molecular weight is 401 g/mol. The Morgan fingerprint density at radius 2 is 1.57 bits per heavy atom. The van der Waals surface area contributed by atoms with Gasteiger partial charge in [-0.15, -0.1) is 0 Å². The number of nitrogens with one attached hydrogen (secondary N) is 1. The van der Waals surface area contributed by atoms with E-state index in [0.29, 0.717) is 23.0 Å². The quantitative estimate of drug-likeness (QED) is 0.797. The summed E-state index contributed by atoms with van der Waals surface area (Å²) in [7, 11) is -3.73. The van der Waals surface area contributed by atoms with E-state index in [-0.39, 0.29) is 16.8 Å².